The number of phenols is 3. The highest BCUT2D eigenvalue weighted by Crippen LogP contribution is 2.39. The van der Waals surface area contributed by atoms with E-state index in [0.717, 1.165) is 6.07 Å². The van der Waals surface area contributed by atoms with Gasteiger partial charge < -0.3 is 21.1 Å². The summed E-state index contributed by atoms with van der Waals surface area (Å²) in [6.07, 6.45) is 0. The minimum Gasteiger partial charge on any atom is -0.504 e. The van der Waals surface area contributed by atoms with Crippen molar-refractivity contribution in [2.24, 2.45) is 5.73 Å². The normalized spacial score (nSPS) is 11.9. The Labute approximate surface area is 86.2 Å². The quantitative estimate of drug-likeness (QED) is 0.568. The number of hydrogen-bond donors (Lipinski definition) is 4. The first-order valence-corrected chi connectivity index (χ1v) is 3.63. The summed E-state index contributed by atoms with van der Waals surface area (Å²) in [4.78, 5) is 0. The molecule has 1 aromatic rings. The van der Waals surface area contributed by atoms with Gasteiger partial charge in [-0.15, -0.1) is 12.4 Å². The topological polar surface area (TPSA) is 86.7 Å². The van der Waals surface area contributed by atoms with Crippen molar-refractivity contribution in [2.45, 2.75) is 6.04 Å². The molecule has 80 valence electrons. The summed E-state index contributed by atoms with van der Waals surface area (Å²) < 4.78 is 12.1. The van der Waals surface area contributed by atoms with Gasteiger partial charge in [-0.05, 0) is 12.1 Å². The molecule has 0 heterocycles. The van der Waals surface area contributed by atoms with Crippen LogP contribution in [0.4, 0.5) is 4.39 Å². The van der Waals surface area contributed by atoms with Gasteiger partial charge >= 0.3 is 0 Å². The first-order valence-electron chi connectivity index (χ1n) is 3.63. The van der Waals surface area contributed by atoms with Crippen LogP contribution >= 0.6 is 12.4 Å². The van der Waals surface area contributed by atoms with Gasteiger partial charge in [0, 0.05) is 5.56 Å². The van der Waals surface area contributed by atoms with Crippen LogP contribution in [0, 0.1) is 0 Å². The highest BCUT2D eigenvalue weighted by Gasteiger charge is 2.15. The second kappa shape index (κ2) is 4.88. The van der Waals surface area contributed by atoms with Crippen molar-refractivity contribution >= 4 is 12.4 Å². The molecule has 0 fully saturated rings. The van der Waals surface area contributed by atoms with Crippen molar-refractivity contribution < 1.29 is 19.7 Å². The molecule has 0 amide bonds. The number of rotatable bonds is 2. The molecule has 14 heavy (non-hydrogen) atoms. The molecule has 4 nitrogen and oxygen atoms in total. The van der Waals surface area contributed by atoms with Gasteiger partial charge in [0.25, 0.3) is 0 Å². The van der Waals surface area contributed by atoms with E-state index in [1.165, 1.54) is 6.07 Å². The largest absolute Gasteiger partial charge is 0.504 e. The third kappa shape index (κ3) is 2.18. The highest BCUT2D eigenvalue weighted by atomic mass is 35.5. The summed E-state index contributed by atoms with van der Waals surface area (Å²) in [6, 6.07) is 1.40. The van der Waals surface area contributed by atoms with E-state index in [1.807, 2.05) is 0 Å². The maximum absolute atomic E-state index is 12.1. The molecule has 0 unspecified atom stereocenters. The minimum absolute atomic E-state index is 0. The fourth-order valence-electron chi connectivity index (χ4n) is 0.967. The Balaban J connectivity index is 0.00000169. The number of halogens is 2. The van der Waals surface area contributed by atoms with Crippen LogP contribution in [0.25, 0.3) is 0 Å². The number of alkyl halides is 1. The van der Waals surface area contributed by atoms with Crippen LogP contribution < -0.4 is 5.73 Å². The summed E-state index contributed by atoms with van der Waals surface area (Å²) >= 11 is 0. The van der Waals surface area contributed by atoms with Crippen LogP contribution in [0.15, 0.2) is 12.1 Å². The summed E-state index contributed by atoms with van der Waals surface area (Å²) in [5, 5.41) is 27.2. The molecule has 0 aliphatic heterocycles. The van der Waals surface area contributed by atoms with Crippen molar-refractivity contribution in [3.05, 3.63) is 17.7 Å². The first-order chi connectivity index (χ1) is 6.07. The fraction of sp³-hybridized carbons (Fsp3) is 0.250. The molecule has 0 aromatic heterocycles. The Morgan fingerprint density at radius 1 is 1.21 bits per heavy atom. The number of hydrogen-bond acceptors (Lipinski definition) is 4. The van der Waals surface area contributed by atoms with Gasteiger partial charge in [-0.1, -0.05) is 0 Å². The summed E-state index contributed by atoms with van der Waals surface area (Å²) in [6.45, 7) is -0.849. The van der Waals surface area contributed by atoms with Gasteiger partial charge in [-0.3, -0.25) is 0 Å². The van der Waals surface area contributed by atoms with Crippen LogP contribution in [-0.4, -0.2) is 22.0 Å². The average Bonchev–Trinajstić information content (AvgIpc) is 2.13. The van der Waals surface area contributed by atoms with Crippen LogP contribution in [0.5, 0.6) is 17.2 Å². The van der Waals surface area contributed by atoms with Crippen LogP contribution in [0.1, 0.15) is 11.6 Å². The van der Waals surface area contributed by atoms with Crippen molar-refractivity contribution in [3.8, 4) is 17.2 Å². The second-order valence-electron chi connectivity index (χ2n) is 2.63. The molecule has 0 radical (unpaired) electrons. The molecule has 1 aromatic carbocycles. The Morgan fingerprint density at radius 3 is 2.29 bits per heavy atom. The minimum atomic E-state index is -0.994. The third-order valence-corrected chi connectivity index (χ3v) is 1.73. The lowest BCUT2D eigenvalue weighted by atomic mass is 10.1. The van der Waals surface area contributed by atoms with Crippen molar-refractivity contribution in [3.63, 3.8) is 0 Å². The van der Waals surface area contributed by atoms with Crippen molar-refractivity contribution in [2.75, 3.05) is 6.67 Å². The van der Waals surface area contributed by atoms with E-state index >= 15 is 0 Å². The molecule has 0 aliphatic carbocycles. The number of benzene rings is 1. The number of phenolic OH excluding ortho intramolecular Hbond substituents is 3. The van der Waals surface area contributed by atoms with E-state index in [4.69, 9.17) is 15.9 Å². The predicted molar refractivity (Wildman–Crippen MR) is 51.6 cm³/mol. The van der Waals surface area contributed by atoms with Gasteiger partial charge in [-0.25, -0.2) is 4.39 Å². The molecular formula is C8H11ClFNO3. The van der Waals surface area contributed by atoms with Gasteiger partial charge in [0.15, 0.2) is 11.5 Å². The molecule has 0 bridgehead atoms. The zero-order valence-corrected chi connectivity index (χ0v) is 7.96. The van der Waals surface area contributed by atoms with Crippen LogP contribution in [-0.2, 0) is 0 Å². The maximum atomic E-state index is 12.1. The number of aromatic hydroxyl groups is 3. The molecule has 0 aliphatic rings. The number of nitrogens with two attached hydrogens (primary N) is 1. The standard InChI is InChI=1S/C8H10FNO3.ClH/c9-3-5(10)4-1-2-6(11)8(13)7(4)12;/h1-2,5,11-13H,3,10H2;1H/t5-;/m1./s1. The first kappa shape index (κ1) is 12.8. The Hall–Kier alpha value is -1.20. The molecule has 0 saturated heterocycles. The smallest absolute Gasteiger partial charge is 0.200 e. The molecule has 1 atom stereocenters. The molecule has 1 rings (SSSR count). The fourth-order valence-corrected chi connectivity index (χ4v) is 0.967. The molecular weight excluding hydrogens is 213 g/mol. The van der Waals surface area contributed by atoms with Crippen LogP contribution in [0.3, 0.4) is 0 Å². The van der Waals surface area contributed by atoms with Crippen molar-refractivity contribution in [1.82, 2.24) is 0 Å². The zero-order chi connectivity index (χ0) is 10.0. The van der Waals surface area contributed by atoms with Gasteiger partial charge in [0.05, 0.1) is 6.04 Å². The van der Waals surface area contributed by atoms with E-state index in [9.17, 15) is 9.50 Å². The van der Waals surface area contributed by atoms with E-state index < -0.39 is 30.0 Å². The molecule has 6 heteroatoms. The van der Waals surface area contributed by atoms with E-state index in [2.05, 4.69) is 0 Å². The summed E-state index contributed by atoms with van der Waals surface area (Å²) in [7, 11) is 0. The monoisotopic (exact) mass is 223 g/mol. The van der Waals surface area contributed by atoms with E-state index in [1.54, 1.807) is 0 Å². The van der Waals surface area contributed by atoms with Crippen molar-refractivity contribution in [1.29, 1.82) is 0 Å². The van der Waals surface area contributed by atoms with E-state index in [-0.39, 0.29) is 18.0 Å². The van der Waals surface area contributed by atoms with E-state index in [0.29, 0.717) is 0 Å². The third-order valence-electron chi connectivity index (χ3n) is 1.73. The SMILES string of the molecule is Cl.N[C@H](CF)c1ccc(O)c(O)c1O. The van der Waals surface area contributed by atoms with Gasteiger partial charge in [-0.2, -0.15) is 0 Å². The maximum Gasteiger partial charge on any atom is 0.200 e. The lowest BCUT2D eigenvalue weighted by molar-refractivity contribution is 0.357. The average molecular weight is 224 g/mol. The molecule has 5 N–H and O–H groups in total. The Bertz CT molecular complexity index is 322. The molecule has 0 spiro atoms. The Kier molecular flexibility index (Phi) is 4.46. The van der Waals surface area contributed by atoms with Gasteiger partial charge in [0.2, 0.25) is 5.75 Å². The lowest BCUT2D eigenvalue weighted by Crippen LogP contribution is -2.12. The van der Waals surface area contributed by atoms with Gasteiger partial charge in [0.1, 0.15) is 6.67 Å². The Morgan fingerprint density at radius 2 is 1.79 bits per heavy atom. The summed E-state index contributed by atoms with van der Waals surface area (Å²) in [5.74, 6) is -1.72. The zero-order valence-electron chi connectivity index (χ0n) is 7.14. The predicted octanol–water partition coefficient (Wildman–Crippen LogP) is 1.19. The van der Waals surface area contributed by atoms with Crippen LogP contribution in [0.2, 0.25) is 0 Å². The lowest BCUT2D eigenvalue weighted by Gasteiger charge is -2.11. The molecule has 0 saturated carbocycles. The summed E-state index contributed by atoms with van der Waals surface area (Å²) in [5.41, 5.74) is 5.35. The highest BCUT2D eigenvalue weighted by molar-refractivity contribution is 5.85. The second-order valence-corrected chi connectivity index (χ2v) is 2.63.